The number of hydrogen-bond donors (Lipinski definition) is 0. The van der Waals surface area contributed by atoms with E-state index < -0.39 is 17.8 Å². The SMILES string of the molecule is O=C(ON1C(=O)c2ccccc2C1=O)c1cnc(Cc2ccccc2F)s1. The highest BCUT2D eigenvalue weighted by molar-refractivity contribution is 7.13. The van der Waals surface area contributed by atoms with Crippen LogP contribution in [-0.2, 0) is 11.3 Å². The molecule has 6 nitrogen and oxygen atoms in total. The molecule has 3 aromatic rings. The summed E-state index contributed by atoms with van der Waals surface area (Å²) in [6, 6.07) is 12.5. The maximum atomic E-state index is 13.7. The lowest BCUT2D eigenvalue weighted by atomic mass is 10.1. The van der Waals surface area contributed by atoms with Gasteiger partial charge in [-0.3, -0.25) is 9.59 Å². The summed E-state index contributed by atoms with van der Waals surface area (Å²) in [5.41, 5.74) is 0.812. The number of imide groups is 1. The summed E-state index contributed by atoms with van der Waals surface area (Å²) >= 11 is 1.01. The molecule has 0 saturated carbocycles. The first-order valence-electron chi connectivity index (χ1n) is 7.93. The van der Waals surface area contributed by atoms with Crippen LogP contribution in [0, 0.1) is 5.82 Å². The van der Waals surface area contributed by atoms with Crippen molar-refractivity contribution < 1.29 is 23.6 Å². The van der Waals surface area contributed by atoms with Crippen LogP contribution in [0.2, 0.25) is 0 Å². The predicted octanol–water partition coefficient (Wildman–Crippen LogP) is 3.24. The first kappa shape index (κ1) is 17.0. The quantitative estimate of drug-likeness (QED) is 0.648. The summed E-state index contributed by atoms with van der Waals surface area (Å²) in [5.74, 6) is -2.62. The van der Waals surface area contributed by atoms with E-state index in [1.807, 2.05) is 0 Å². The normalized spacial score (nSPS) is 13.0. The minimum atomic E-state index is -0.873. The molecular formula is C19H11FN2O4S. The van der Waals surface area contributed by atoms with E-state index in [0.29, 0.717) is 15.6 Å². The highest BCUT2D eigenvalue weighted by Gasteiger charge is 2.39. The molecule has 2 heterocycles. The van der Waals surface area contributed by atoms with Crippen LogP contribution < -0.4 is 0 Å². The Morgan fingerprint density at radius 3 is 2.33 bits per heavy atom. The van der Waals surface area contributed by atoms with Gasteiger partial charge in [0.05, 0.1) is 22.3 Å². The number of amides is 2. The highest BCUT2D eigenvalue weighted by Crippen LogP contribution is 2.25. The smallest absolute Gasteiger partial charge is 0.323 e. The van der Waals surface area contributed by atoms with E-state index in [4.69, 9.17) is 4.84 Å². The third-order valence-electron chi connectivity index (χ3n) is 3.99. The fourth-order valence-corrected chi connectivity index (χ4v) is 3.48. The van der Waals surface area contributed by atoms with Gasteiger partial charge in [0.1, 0.15) is 10.7 Å². The van der Waals surface area contributed by atoms with Crippen molar-refractivity contribution in [3.63, 3.8) is 0 Å². The Morgan fingerprint density at radius 2 is 1.67 bits per heavy atom. The van der Waals surface area contributed by atoms with Gasteiger partial charge in [-0.1, -0.05) is 35.4 Å². The molecule has 1 aromatic heterocycles. The van der Waals surface area contributed by atoms with Crippen LogP contribution in [0.3, 0.4) is 0 Å². The van der Waals surface area contributed by atoms with Gasteiger partial charge in [-0.25, -0.2) is 14.2 Å². The molecule has 134 valence electrons. The second-order valence-corrected chi connectivity index (χ2v) is 6.83. The third-order valence-corrected chi connectivity index (χ3v) is 4.96. The van der Waals surface area contributed by atoms with Gasteiger partial charge in [0.25, 0.3) is 11.8 Å². The van der Waals surface area contributed by atoms with Gasteiger partial charge in [0.15, 0.2) is 0 Å². The maximum Gasteiger partial charge on any atom is 0.375 e. The number of hydroxylamine groups is 2. The Kier molecular flexibility index (Phi) is 4.25. The summed E-state index contributed by atoms with van der Waals surface area (Å²) < 4.78 is 13.7. The van der Waals surface area contributed by atoms with Crippen molar-refractivity contribution in [1.82, 2.24) is 10.0 Å². The summed E-state index contributed by atoms with van der Waals surface area (Å²) in [6.07, 6.45) is 1.50. The Hall–Kier alpha value is -3.39. The molecule has 0 saturated heterocycles. The zero-order valence-corrected chi connectivity index (χ0v) is 14.5. The number of thiazole rings is 1. The molecule has 2 aromatic carbocycles. The molecule has 2 amide bonds. The molecule has 27 heavy (non-hydrogen) atoms. The van der Waals surface area contributed by atoms with Gasteiger partial charge < -0.3 is 4.84 Å². The second kappa shape index (κ2) is 6.73. The lowest BCUT2D eigenvalue weighted by Crippen LogP contribution is -2.32. The zero-order chi connectivity index (χ0) is 19.0. The molecule has 0 aliphatic carbocycles. The molecular weight excluding hydrogens is 371 g/mol. The van der Waals surface area contributed by atoms with Crippen molar-refractivity contribution in [2.24, 2.45) is 0 Å². The topological polar surface area (TPSA) is 76.6 Å². The maximum absolute atomic E-state index is 13.7. The van der Waals surface area contributed by atoms with Gasteiger partial charge in [0, 0.05) is 6.42 Å². The molecule has 0 N–H and O–H groups in total. The van der Waals surface area contributed by atoms with Crippen molar-refractivity contribution in [2.75, 3.05) is 0 Å². The molecule has 1 aliphatic heterocycles. The van der Waals surface area contributed by atoms with Crippen LogP contribution in [0.15, 0.2) is 54.7 Å². The van der Waals surface area contributed by atoms with Crippen molar-refractivity contribution in [3.05, 3.63) is 87.1 Å². The molecule has 0 atom stereocenters. The molecule has 8 heteroatoms. The van der Waals surface area contributed by atoms with Gasteiger partial charge in [-0.2, -0.15) is 0 Å². The molecule has 0 bridgehead atoms. The Morgan fingerprint density at radius 1 is 1.04 bits per heavy atom. The number of benzene rings is 2. The van der Waals surface area contributed by atoms with Crippen molar-refractivity contribution in [2.45, 2.75) is 6.42 Å². The van der Waals surface area contributed by atoms with Crippen LogP contribution in [0.25, 0.3) is 0 Å². The van der Waals surface area contributed by atoms with E-state index in [9.17, 15) is 18.8 Å². The number of halogens is 1. The average molecular weight is 382 g/mol. The second-order valence-electron chi connectivity index (χ2n) is 5.72. The molecule has 0 fully saturated rings. The Bertz CT molecular complexity index is 1040. The lowest BCUT2D eigenvalue weighted by Gasteiger charge is -2.11. The predicted molar refractivity (Wildman–Crippen MR) is 93.7 cm³/mol. The number of carbonyl (C=O) groups is 3. The first-order valence-corrected chi connectivity index (χ1v) is 8.74. The van der Waals surface area contributed by atoms with Crippen molar-refractivity contribution in [1.29, 1.82) is 0 Å². The first-order chi connectivity index (χ1) is 13.0. The number of aromatic nitrogens is 1. The van der Waals surface area contributed by atoms with Gasteiger partial charge in [-0.15, -0.1) is 11.3 Å². The molecule has 4 rings (SSSR count). The molecule has 0 spiro atoms. The van der Waals surface area contributed by atoms with Gasteiger partial charge in [0.2, 0.25) is 0 Å². The standard InChI is InChI=1S/C19H11FN2O4S/c20-14-8-4-1-5-11(14)9-16-21-10-15(27-16)19(25)26-22-17(23)12-6-2-3-7-13(12)18(22)24/h1-8,10H,9H2. The molecule has 0 unspecified atom stereocenters. The van der Waals surface area contributed by atoms with Crippen LogP contribution in [-0.4, -0.2) is 27.8 Å². The largest absolute Gasteiger partial charge is 0.375 e. The van der Waals surface area contributed by atoms with Crippen molar-refractivity contribution >= 4 is 29.1 Å². The van der Waals surface area contributed by atoms with Gasteiger partial charge in [-0.05, 0) is 23.8 Å². The number of carbonyl (C=O) groups excluding carboxylic acids is 3. The monoisotopic (exact) mass is 382 g/mol. The minimum Gasteiger partial charge on any atom is -0.323 e. The van der Waals surface area contributed by atoms with E-state index >= 15 is 0 Å². The summed E-state index contributed by atoms with van der Waals surface area (Å²) in [6.45, 7) is 0. The van der Waals surface area contributed by atoms with Crippen LogP contribution in [0.5, 0.6) is 0 Å². The highest BCUT2D eigenvalue weighted by atomic mass is 32.1. The van der Waals surface area contributed by atoms with E-state index in [2.05, 4.69) is 4.98 Å². The zero-order valence-electron chi connectivity index (χ0n) is 13.7. The lowest BCUT2D eigenvalue weighted by molar-refractivity contribution is -0.0581. The molecule has 1 aliphatic rings. The fourth-order valence-electron chi connectivity index (χ4n) is 2.67. The van der Waals surface area contributed by atoms with E-state index in [-0.39, 0.29) is 28.2 Å². The van der Waals surface area contributed by atoms with E-state index in [1.165, 1.54) is 24.4 Å². The van der Waals surface area contributed by atoms with Gasteiger partial charge >= 0.3 is 5.97 Å². The number of hydrogen-bond acceptors (Lipinski definition) is 6. The fraction of sp³-hybridized carbons (Fsp3) is 0.0526. The number of rotatable bonds is 4. The summed E-state index contributed by atoms with van der Waals surface area (Å²) in [4.78, 5) is 45.9. The summed E-state index contributed by atoms with van der Waals surface area (Å²) in [5, 5.41) is 0.956. The Balaban J connectivity index is 1.49. The minimum absolute atomic E-state index is 0.109. The number of fused-ring (bicyclic) bond motifs is 1. The van der Waals surface area contributed by atoms with Crippen molar-refractivity contribution in [3.8, 4) is 0 Å². The number of nitrogens with zero attached hydrogens (tertiary/aromatic N) is 2. The third kappa shape index (κ3) is 3.11. The van der Waals surface area contributed by atoms with Crippen LogP contribution in [0.4, 0.5) is 4.39 Å². The molecule has 0 radical (unpaired) electrons. The van der Waals surface area contributed by atoms with Crippen LogP contribution >= 0.6 is 11.3 Å². The van der Waals surface area contributed by atoms with Crippen LogP contribution in [0.1, 0.15) is 41.0 Å². The summed E-state index contributed by atoms with van der Waals surface area (Å²) in [7, 11) is 0. The average Bonchev–Trinajstić information content (AvgIpc) is 3.23. The Labute approximate surface area is 156 Å². The van der Waals surface area contributed by atoms with E-state index in [1.54, 1.807) is 30.3 Å². The van der Waals surface area contributed by atoms with E-state index in [0.717, 1.165) is 11.3 Å².